The molecule has 0 amide bonds. The Balaban J connectivity index is 0.000000445. The Morgan fingerprint density at radius 3 is 2.37 bits per heavy atom. The molecule has 3 N–H and O–H groups in total. The van der Waals surface area contributed by atoms with Crippen LogP contribution in [0, 0.1) is 5.92 Å². The molecule has 2 rings (SSSR count). The maximum Gasteiger partial charge on any atom is 0.490 e. The molecule has 152 valence electrons. The number of carboxylic acids is 2. The fourth-order valence-corrected chi connectivity index (χ4v) is 2.56. The fraction of sp³-hybridized carbons (Fsp3) is 0.556. The Labute approximate surface area is 155 Å². The number of carboxylic acid groups (broad SMARTS) is 2. The van der Waals surface area contributed by atoms with E-state index < -0.39 is 18.1 Å². The number of hydrogen-bond donors (Lipinski definition) is 3. The van der Waals surface area contributed by atoms with E-state index in [1.807, 2.05) is 24.3 Å². The number of alkyl halides is 3. The molecule has 1 fully saturated rings. The average molecular weight is 391 g/mol. The summed E-state index contributed by atoms with van der Waals surface area (Å²) in [5.41, 5.74) is 1.12. The molecular weight excluding hydrogens is 367 g/mol. The van der Waals surface area contributed by atoms with Crippen molar-refractivity contribution in [1.29, 1.82) is 0 Å². The van der Waals surface area contributed by atoms with Crippen LogP contribution < -0.4 is 10.1 Å². The lowest BCUT2D eigenvalue weighted by Gasteiger charge is -2.12. The first-order chi connectivity index (χ1) is 12.7. The Hall–Kier alpha value is -2.29. The number of halogens is 3. The number of benzene rings is 1. The van der Waals surface area contributed by atoms with Crippen LogP contribution in [-0.4, -0.2) is 41.5 Å². The van der Waals surface area contributed by atoms with Crippen LogP contribution in [0.2, 0.25) is 0 Å². The molecule has 0 aromatic heterocycles. The summed E-state index contributed by atoms with van der Waals surface area (Å²) in [6, 6.07) is 8.02. The summed E-state index contributed by atoms with van der Waals surface area (Å²) < 4.78 is 37.6. The molecule has 0 aliphatic heterocycles. The maximum atomic E-state index is 10.6. The van der Waals surface area contributed by atoms with Gasteiger partial charge in [-0.3, -0.25) is 4.79 Å². The van der Waals surface area contributed by atoms with Crippen LogP contribution in [0.25, 0.3) is 0 Å². The standard InChI is InChI=1S/C16H23NO3.C2HF3O2/c18-16(19)8-9-17-11-14-6-3-7-15(10-14)20-12-13-4-1-2-5-13;3-2(4,5)1(6)7/h3,6-7,10,13,17H,1-2,4-5,8-9,11-12H2,(H,18,19);(H,6,7). The molecular formula is C18H24F3NO5. The Morgan fingerprint density at radius 2 is 1.81 bits per heavy atom. The average Bonchev–Trinajstić information content (AvgIpc) is 3.10. The van der Waals surface area contributed by atoms with Crippen LogP contribution in [0.5, 0.6) is 5.75 Å². The fourth-order valence-electron chi connectivity index (χ4n) is 2.56. The first kappa shape index (κ1) is 22.8. The molecule has 0 spiro atoms. The summed E-state index contributed by atoms with van der Waals surface area (Å²) in [4.78, 5) is 19.3. The predicted molar refractivity (Wildman–Crippen MR) is 91.5 cm³/mol. The molecule has 1 aliphatic carbocycles. The third kappa shape index (κ3) is 10.4. The van der Waals surface area contributed by atoms with Crippen molar-refractivity contribution in [3.8, 4) is 5.75 Å². The molecule has 1 aromatic carbocycles. The summed E-state index contributed by atoms with van der Waals surface area (Å²) in [5, 5.41) is 18.8. The van der Waals surface area contributed by atoms with Crippen LogP contribution in [0.4, 0.5) is 13.2 Å². The minimum absolute atomic E-state index is 0.151. The van der Waals surface area contributed by atoms with Crippen molar-refractivity contribution in [2.75, 3.05) is 13.2 Å². The first-order valence-corrected chi connectivity index (χ1v) is 8.63. The van der Waals surface area contributed by atoms with Gasteiger partial charge in [-0.1, -0.05) is 25.0 Å². The highest BCUT2D eigenvalue weighted by atomic mass is 19.4. The SMILES string of the molecule is O=C(O)C(F)(F)F.O=C(O)CCNCc1cccc(OCC2CCCC2)c1. The molecule has 1 aliphatic rings. The molecule has 0 bridgehead atoms. The van der Waals surface area contributed by atoms with E-state index in [1.165, 1.54) is 25.7 Å². The normalized spacial score (nSPS) is 14.3. The molecule has 27 heavy (non-hydrogen) atoms. The Bertz CT molecular complexity index is 601. The van der Waals surface area contributed by atoms with Gasteiger partial charge in [0.15, 0.2) is 0 Å². The number of rotatable bonds is 8. The van der Waals surface area contributed by atoms with Crippen LogP contribution in [0.3, 0.4) is 0 Å². The Kier molecular flexibility index (Phi) is 9.63. The largest absolute Gasteiger partial charge is 0.493 e. The third-order valence-electron chi connectivity index (χ3n) is 3.95. The zero-order chi connectivity index (χ0) is 20.3. The highest BCUT2D eigenvalue weighted by Crippen LogP contribution is 2.25. The van der Waals surface area contributed by atoms with Crippen molar-refractivity contribution in [3.05, 3.63) is 29.8 Å². The highest BCUT2D eigenvalue weighted by molar-refractivity contribution is 5.73. The zero-order valence-electron chi connectivity index (χ0n) is 14.8. The number of hydrogen-bond acceptors (Lipinski definition) is 4. The third-order valence-corrected chi connectivity index (χ3v) is 3.95. The predicted octanol–water partition coefficient (Wildman–Crippen LogP) is 3.45. The molecule has 6 nitrogen and oxygen atoms in total. The van der Waals surface area contributed by atoms with Gasteiger partial charge in [-0.25, -0.2) is 4.79 Å². The lowest BCUT2D eigenvalue weighted by molar-refractivity contribution is -0.192. The van der Waals surface area contributed by atoms with Gasteiger partial charge in [0.05, 0.1) is 13.0 Å². The van der Waals surface area contributed by atoms with E-state index in [9.17, 15) is 18.0 Å². The second kappa shape index (κ2) is 11.4. The van der Waals surface area contributed by atoms with Gasteiger partial charge in [0.2, 0.25) is 0 Å². The monoisotopic (exact) mass is 391 g/mol. The molecule has 1 saturated carbocycles. The minimum Gasteiger partial charge on any atom is -0.493 e. The molecule has 1 aromatic rings. The van der Waals surface area contributed by atoms with Gasteiger partial charge in [0.1, 0.15) is 5.75 Å². The topological polar surface area (TPSA) is 95.9 Å². The van der Waals surface area contributed by atoms with Gasteiger partial charge in [-0.2, -0.15) is 13.2 Å². The van der Waals surface area contributed by atoms with Gasteiger partial charge < -0.3 is 20.3 Å². The van der Waals surface area contributed by atoms with E-state index >= 15 is 0 Å². The van der Waals surface area contributed by atoms with Gasteiger partial charge >= 0.3 is 18.1 Å². The summed E-state index contributed by atoms with van der Waals surface area (Å²) in [7, 11) is 0. The quantitative estimate of drug-likeness (QED) is 0.588. The molecule has 0 heterocycles. The highest BCUT2D eigenvalue weighted by Gasteiger charge is 2.38. The number of ether oxygens (including phenoxy) is 1. The van der Waals surface area contributed by atoms with Gasteiger partial charge in [0, 0.05) is 13.1 Å². The first-order valence-electron chi connectivity index (χ1n) is 8.63. The van der Waals surface area contributed by atoms with Crippen LogP contribution in [0.15, 0.2) is 24.3 Å². The van der Waals surface area contributed by atoms with Crippen LogP contribution in [-0.2, 0) is 16.1 Å². The van der Waals surface area contributed by atoms with Crippen molar-refractivity contribution < 1.29 is 37.7 Å². The Morgan fingerprint density at radius 1 is 1.19 bits per heavy atom. The molecule has 0 saturated heterocycles. The van der Waals surface area contributed by atoms with E-state index in [4.69, 9.17) is 19.7 Å². The number of nitrogens with one attached hydrogen (secondary N) is 1. The van der Waals surface area contributed by atoms with Crippen molar-refractivity contribution in [3.63, 3.8) is 0 Å². The van der Waals surface area contributed by atoms with E-state index in [1.54, 1.807) is 0 Å². The van der Waals surface area contributed by atoms with Crippen LogP contribution in [0.1, 0.15) is 37.7 Å². The lowest BCUT2D eigenvalue weighted by atomic mass is 10.1. The van der Waals surface area contributed by atoms with Gasteiger partial charge in [-0.15, -0.1) is 0 Å². The van der Waals surface area contributed by atoms with Crippen molar-refractivity contribution in [1.82, 2.24) is 5.32 Å². The van der Waals surface area contributed by atoms with Gasteiger partial charge in [-0.05, 0) is 36.5 Å². The summed E-state index contributed by atoms with van der Waals surface area (Å²) in [6.45, 7) is 1.98. The molecule has 9 heteroatoms. The lowest BCUT2D eigenvalue weighted by Crippen LogP contribution is -2.21. The zero-order valence-corrected chi connectivity index (χ0v) is 14.8. The number of aliphatic carboxylic acids is 2. The van der Waals surface area contributed by atoms with E-state index in [-0.39, 0.29) is 6.42 Å². The second-order valence-corrected chi connectivity index (χ2v) is 6.23. The minimum atomic E-state index is -5.08. The van der Waals surface area contributed by atoms with Crippen molar-refractivity contribution >= 4 is 11.9 Å². The van der Waals surface area contributed by atoms with Crippen LogP contribution >= 0.6 is 0 Å². The van der Waals surface area contributed by atoms with Crippen molar-refractivity contribution in [2.45, 2.75) is 44.8 Å². The summed E-state index contributed by atoms with van der Waals surface area (Å²) in [5.74, 6) is -1.90. The van der Waals surface area contributed by atoms with Gasteiger partial charge in [0.25, 0.3) is 0 Å². The summed E-state index contributed by atoms with van der Waals surface area (Å²) >= 11 is 0. The van der Waals surface area contributed by atoms with E-state index in [0.717, 1.165) is 17.9 Å². The number of carbonyl (C=O) groups is 2. The summed E-state index contributed by atoms with van der Waals surface area (Å²) in [6.07, 6.45) is 0.313. The second-order valence-electron chi connectivity index (χ2n) is 6.23. The van der Waals surface area contributed by atoms with Crippen molar-refractivity contribution in [2.24, 2.45) is 5.92 Å². The maximum absolute atomic E-state index is 10.6. The smallest absolute Gasteiger partial charge is 0.490 e. The molecule has 0 radical (unpaired) electrons. The molecule has 0 unspecified atom stereocenters. The molecule has 0 atom stereocenters. The van der Waals surface area contributed by atoms with E-state index in [2.05, 4.69) is 5.32 Å². The van der Waals surface area contributed by atoms with E-state index in [0.29, 0.717) is 19.0 Å².